The van der Waals surface area contributed by atoms with Crippen LogP contribution in [0, 0.1) is 11.7 Å². The Morgan fingerprint density at radius 3 is 2.52 bits per heavy atom. The van der Waals surface area contributed by atoms with Crippen LogP contribution in [0.3, 0.4) is 0 Å². The normalized spacial score (nSPS) is 15.7. The molecule has 0 aliphatic carbocycles. The predicted molar refractivity (Wildman–Crippen MR) is 127 cm³/mol. The van der Waals surface area contributed by atoms with Crippen molar-refractivity contribution in [2.24, 2.45) is 5.92 Å². The molecule has 0 unspecified atom stereocenters. The second-order valence-electron chi connectivity index (χ2n) is 8.14. The molecule has 33 heavy (non-hydrogen) atoms. The number of carbonyl (C=O) groups excluding carboxylic acids is 1. The van der Waals surface area contributed by atoms with Crippen LogP contribution in [-0.4, -0.2) is 42.0 Å². The van der Waals surface area contributed by atoms with Crippen molar-refractivity contribution in [1.82, 2.24) is 15.2 Å². The van der Waals surface area contributed by atoms with Crippen LogP contribution in [-0.2, 0) is 4.79 Å². The Balaban J connectivity index is 1.30. The van der Waals surface area contributed by atoms with Crippen LogP contribution in [0.25, 0.3) is 0 Å². The van der Waals surface area contributed by atoms with Crippen LogP contribution in [0.1, 0.15) is 30.1 Å². The number of nitrogens with zero attached hydrogens (tertiary/aromatic N) is 2. The first-order valence-corrected chi connectivity index (χ1v) is 11.5. The van der Waals surface area contributed by atoms with Gasteiger partial charge >= 0.3 is 0 Å². The van der Waals surface area contributed by atoms with Crippen LogP contribution < -0.4 is 10.1 Å². The third kappa shape index (κ3) is 6.30. The van der Waals surface area contributed by atoms with Crippen molar-refractivity contribution in [1.29, 1.82) is 0 Å². The lowest BCUT2D eigenvalue weighted by Gasteiger charge is -2.32. The Kier molecular flexibility index (Phi) is 7.92. The average molecular weight is 468 g/mol. The molecule has 1 N–H and O–H groups in total. The minimum atomic E-state index is -0.351. The van der Waals surface area contributed by atoms with E-state index in [9.17, 15) is 9.18 Å². The van der Waals surface area contributed by atoms with E-state index in [0.717, 1.165) is 37.2 Å². The number of amides is 1. The summed E-state index contributed by atoms with van der Waals surface area (Å²) in [5, 5.41) is 3.84. The number of rotatable bonds is 8. The van der Waals surface area contributed by atoms with Gasteiger partial charge in [0.05, 0.1) is 11.7 Å². The van der Waals surface area contributed by atoms with Gasteiger partial charge in [0.1, 0.15) is 6.61 Å². The minimum Gasteiger partial charge on any atom is -0.489 e. The van der Waals surface area contributed by atoms with Crippen LogP contribution in [0.2, 0.25) is 5.02 Å². The maximum absolute atomic E-state index is 13.7. The summed E-state index contributed by atoms with van der Waals surface area (Å²) in [6.07, 6.45) is 3.26. The summed E-state index contributed by atoms with van der Waals surface area (Å²) in [6, 6.07) is 19.2. The third-order valence-electron chi connectivity index (χ3n) is 5.93. The number of likely N-dealkylation sites (tertiary alicyclic amines) is 1. The van der Waals surface area contributed by atoms with Crippen molar-refractivity contribution >= 4 is 17.5 Å². The molecule has 0 radical (unpaired) electrons. The number of nitrogens with one attached hydrogen (secondary N) is 1. The zero-order valence-corrected chi connectivity index (χ0v) is 19.0. The molecule has 1 fully saturated rings. The van der Waals surface area contributed by atoms with Crippen LogP contribution >= 0.6 is 11.6 Å². The molecule has 7 heteroatoms. The molecule has 3 aromatic rings. The number of ether oxygens (including phenoxy) is 1. The zero-order chi connectivity index (χ0) is 23.0. The predicted octanol–water partition coefficient (Wildman–Crippen LogP) is 4.87. The highest BCUT2D eigenvalue weighted by Gasteiger charge is 2.27. The molecule has 1 aromatic heterocycles. The van der Waals surface area contributed by atoms with Crippen LogP contribution in [0.4, 0.5) is 4.39 Å². The first-order valence-electron chi connectivity index (χ1n) is 11.2. The van der Waals surface area contributed by atoms with E-state index in [1.54, 1.807) is 24.4 Å². The second-order valence-corrected chi connectivity index (χ2v) is 8.58. The van der Waals surface area contributed by atoms with E-state index in [1.807, 2.05) is 42.5 Å². The summed E-state index contributed by atoms with van der Waals surface area (Å²) in [4.78, 5) is 19.8. The molecule has 5 nitrogen and oxygen atoms in total. The van der Waals surface area contributed by atoms with E-state index < -0.39 is 0 Å². The summed E-state index contributed by atoms with van der Waals surface area (Å²) in [5.41, 5.74) is 1.73. The Morgan fingerprint density at radius 1 is 1.09 bits per heavy atom. The average Bonchev–Trinajstić information content (AvgIpc) is 2.85. The van der Waals surface area contributed by atoms with Crippen molar-refractivity contribution in [3.8, 4) is 5.75 Å². The maximum Gasteiger partial charge on any atom is 0.224 e. The van der Waals surface area contributed by atoms with E-state index in [1.165, 1.54) is 6.07 Å². The maximum atomic E-state index is 13.7. The first-order chi connectivity index (χ1) is 16.1. The fourth-order valence-corrected chi connectivity index (χ4v) is 4.18. The Bertz CT molecular complexity index is 1040. The van der Waals surface area contributed by atoms with Gasteiger partial charge in [-0.2, -0.15) is 0 Å². The van der Waals surface area contributed by atoms with Crippen molar-refractivity contribution in [3.63, 3.8) is 0 Å². The van der Waals surface area contributed by atoms with Gasteiger partial charge in [0, 0.05) is 23.7 Å². The van der Waals surface area contributed by atoms with Gasteiger partial charge in [-0.05, 0) is 67.9 Å². The summed E-state index contributed by atoms with van der Waals surface area (Å²) in [7, 11) is 0. The fourth-order valence-electron chi connectivity index (χ4n) is 4.06. The molecule has 2 aromatic carbocycles. The summed E-state index contributed by atoms with van der Waals surface area (Å²) in [6.45, 7) is 2.71. The number of aromatic nitrogens is 1. The highest BCUT2D eigenvalue weighted by atomic mass is 35.5. The van der Waals surface area contributed by atoms with E-state index in [-0.39, 0.29) is 29.4 Å². The number of pyridine rings is 1. The number of piperidine rings is 1. The van der Waals surface area contributed by atoms with Gasteiger partial charge in [-0.25, -0.2) is 4.39 Å². The molecule has 1 aliphatic heterocycles. The number of halogens is 2. The molecule has 0 saturated carbocycles. The Morgan fingerprint density at radius 2 is 1.82 bits per heavy atom. The monoisotopic (exact) mass is 467 g/mol. The van der Waals surface area contributed by atoms with Gasteiger partial charge in [0.25, 0.3) is 0 Å². The van der Waals surface area contributed by atoms with Crippen molar-refractivity contribution in [3.05, 3.63) is 95.0 Å². The number of hydrogen-bond acceptors (Lipinski definition) is 4. The quantitative estimate of drug-likeness (QED) is 0.513. The highest BCUT2D eigenvalue weighted by Crippen LogP contribution is 2.25. The van der Waals surface area contributed by atoms with Gasteiger partial charge in [-0.1, -0.05) is 41.9 Å². The molecule has 1 atom stereocenters. The van der Waals surface area contributed by atoms with E-state index in [0.29, 0.717) is 18.2 Å². The smallest absolute Gasteiger partial charge is 0.224 e. The molecule has 0 spiro atoms. The lowest BCUT2D eigenvalue weighted by molar-refractivity contribution is -0.127. The van der Waals surface area contributed by atoms with Crippen molar-refractivity contribution in [2.75, 3.05) is 26.2 Å². The summed E-state index contributed by atoms with van der Waals surface area (Å²) < 4.78 is 19.2. The Hall–Kier alpha value is -2.96. The van der Waals surface area contributed by atoms with E-state index in [4.69, 9.17) is 16.3 Å². The lowest BCUT2D eigenvalue weighted by atomic mass is 9.94. The van der Waals surface area contributed by atoms with Gasteiger partial charge < -0.3 is 10.1 Å². The summed E-state index contributed by atoms with van der Waals surface area (Å²) >= 11 is 6.05. The first kappa shape index (κ1) is 23.2. The molecule has 1 amide bonds. The molecular formula is C26H27ClFN3O2. The van der Waals surface area contributed by atoms with Crippen LogP contribution in [0.15, 0.2) is 72.9 Å². The molecule has 2 heterocycles. The molecule has 4 rings (SSSR count). The van der Waals surface area contributed by atoms with Crippen molar-refractivity contribution in [2.45, 2.75) is 18.9 Å². The molecule has 172 valence electrons. The topological polar surface area (TPSA) is 54.5 Å². The highest BCUT2D eigenvalue weighted by molar-refractivity contribution is 6.30. The molecule has 1 saturated heterocycles. The standard InChI is InChI=1S/C26H27ClFN3O2/c27-21-10-8-19(9-11-21)25(23-6-3-4-14-29-23)30-26(32)20-12-15-31(16-13-20)17-18-33-24-7-2-1-5-22(24)28/h1-11,14,20,25H,12-13,15-18H2,(H,30,32)/t25-/m1/s1. The number of carbonyl (C=O) groups is 1. The number of para-hydroxylation sites is 1. The van der Waals surface area contributed by atoms with Gasteiger partial charge in [0.15, 0.2) is 11.6 Å². The van der Waals surface area contributed by atoms with Gasteiger partial charge in [-0.3, -0.25) is 14.7 Å². The fraction of sp³-hybridized carbons (Fsp3) is 0.308. The third-order valence-corrected chi connectivity index (χ3v) is 6.19. The van der Waals surface area contributed by atoms with E-state index >= 15 is 0 Å². The second kappa shape index (κ2) is 11.3. The van der Waals surface area contributed by atoms with Crippen molar-refractivity contribution < 1.29 is 13.9 Å². The van der Waals surface area contributed by atoms with Crippen LogP contribution in [0.5, 0.6) is 5.75 Å². The molecule has 0 bridgehead atoms. The number of hydrogen-bond donors (Lipinski definition) is 1. The zero-order valence-electron chi connectivity index (χ0n) is 18.3. The van der Waals surface area contributed by atoms with Gasteiger partial charge in [0.2, 0.25) is 5.91 Å². The summed E-state index contributed by atoms with van der Waals surface area (Å²) in [5.74, 6) is -0.110. The van der Waals surface area contributed by atoms with Gasteiger partial charge in [-0.15, -0.1) is 0 Å². The molecular weight excluding hydrogens is 441 g/mol. The number of benzene rings is 2. The SMILES string of the molecule is O=C(N[C@H](c1ccc(Cl)cc1)c1ccccn1)C1CCN(CCOc2ccccc2F)CC1. The molecule has 1 aliphatic rings. The lowest BCUT2D eigenvalue weighted by Crippen LogP contribution is -2.43. The van der Waals surface area contributed by atoms with E-state index in [2.05, 4.69) is 15.2 Å². The Labute approximate surface area is 198 Å². The minimum absolute atomic E-state index is 0.0304. The largest absolute Gasteiger partial charge is 0.489 e.